The van der Waals surface area contributed by atoms with Crippen molar-refractivity contribution < 1.29 is 4.79 Å². The van der Waals surface area contributed by atoms with Gasteiger partial charge in [-0.2, -0.15) is 0 Å². The lowest BCUT2D eigenvalue weighted by Crippen LogP contribution is -2.31. The molecule has 0 unspecified atom stereocenters. The van der Waals surface area contributed by atoms with Crippen LogP contribution in [-0.4, -0.2) is 12.8 Å². The van der Waals surface area contributed by atoms with Gasteiger partial charge in [0.1, 0.15) is 0 Å². The van der Waals surface area contributed by atoms with Gasteiger partial charge in [-0.15, -0.1) is 0 Å². The second kappa shape index (κ2) is 5.03. The number of benzene rings is 1. The molecular formula is C15H18INO. The molecule has 0 spiro atoms. The Hall–Kier alpha value is -0.840. The molecule has 0 bridgehead atoms. The SMILES string of the molecule is CN(C1=C(I)C(=O)CC(C)(C)C1)c1ccccc1. The van der Waals surface area contributed by atoms with Gasteiger partial charge in [0.2, 0.25) is 0 Å². The Morgan fingerprint density at radius 3 is 2.39 bits per heavy atom. The van der Waals surface area contributed by atoms with E-state index in [2.05, 4.69) is 53.5 Å². The molecule has 0 fully saturated rings. The number of halogens is 1. The zero-order valence-electron chi connectivity index (χ0n) is 11.0. The van der Waals surface area contributed by atoms with Gasteiger partial charge in [0.15, 0.2) is 5.78 Å². The predicted molar refractivity (Wildman–Crippen MR) is 83.9 cm³/mol. The highest BCUT2D eigenvalue weighted by atomic mass is 127. The van der Waals surface area contributed by atoms with Gasteiger partial charge in [-0.25, -0.2) is 0 Å². The van der Waals surface area contributed by atoms with Gasteiger partial charge in [-0.05, 0) is 46.6 Å². The second-order valence-corrected chi connectivity index (χ2v) is 6.67. The molecule has 1 aliphatic carbocycles. The van der Waals surface area contributed by atoms with E-state index < -0.39 is 0 Å². The van der Waals surface area contributed by atoms with Crippen LogP contribution in [0.1, 0.15) is 26.7 Å². The number of hydrogen-bond acceptors (Lipinski definition) is 2. The van der Waals surface area contributed by atoms with Crippen molar-refractivity contribution >= 4 is 34.1 Å². The first-order chi connectivity index (χ1) is 8.41. The summed E-state index contributed by atoms with van der Waals surface area (Å²) in [6.45, 7) is 4.32. The van der Waals surface area contributed by atoms with E-state index in [1.165, 1.54) is 0 Å². The summed E-state index contributed by atoms with van der Waals surface area (Å²) in [5, 5.41) is 0. The molecule has 0 heterocycles. The molecule has 2 rings (SSSR count). The van der Waals surface area contributed by atoms with Crippen molar-refractivity contribution in [3.05, 3.63) is 39.6 Å². The van der Waals surface area contributed by atoms with Crippen LogP contribution in [0.3, 0.4) is 0 Å². The molecule has 0 saturated heterocycles. The molecule has 1 aliphatic rings. The van der Waals surface area contributed by atoms with E-state index in [4.69, 9.17) is 0 Å². The zero-order chi connectivity index (χ0) is 13.3. The number of allylic oxidation sites excluding steroid dienone is 2. The molecule has 0 N–H and O–H groups in total. The highest BCUT2D eigenvalue weighted by Gasteiger charge is 2.33. The Morgan fingerprint density at radius 2 is 1.78 bits per heavy atom. The third-order valence-electron chi connectivity index (χ3n) is 3.33. The highest BCUT2D eigenvalue weighted by Crippen LogP contribution is 2.40. The van der Waals surface area contributed by atoms with Crippen LogP contribution in [0.5, 0.6) is 0 Å². The maximum absolute atomic E-state index is 12.1. The normalized spacial score (nSPS) is 19.0. The molecule has 0 aliphatic heterocycles. The minimum atomic E-state index is 0.0597. The maximum atomic E-state index is 12.1. The van der Waals surface area contributed by atoms with Crippen molar-refractivity contribution in [1.29, 1.82) is 0 Å². The van der Waals surface area contributed by atoms with Crippen LogP contribution in [0, 0.1) is 5.41 Å². The summed E-state index contributed by atoms with van der Waals surface area (Å²) in [4.78, 5) is 14.2. The molecule has 1 aromatic carbocycles. The van der Waals surface area contributed by atoms with Crippen LogP contribution in [0.2, 0.25) is 0 Å². The topological polar surface area (TPSA) is 20.3 Å². The van der Waals surface area contributed by atoms with Crippen molar-refractivity contribution in [2.45, 2.75) is 26.7 Å². The van der Waals surface area contributed by atoms with E-state index in [9.17, 15) is 4.79 Å². The Morgan fingerprint density at radius 1 is 1.17 bits per heavy atom. The fourth-order valence-corrected chi connectivity index (χ4v) is 3.08. The van der Waals surface area contributed by atoms with Gasteiger partial charge in [-0.3, -0.25) is 4.79 Å². The fraction of sp³-hybridized carbons (Fsp3) is 0.400. The summed E-state index contributed by atoms with van der Waals surface area (Å²) in [5.41, 5.74) is 2.33. The van der Waals surface area contributed by atoms with Gasteiger partial charge >= 0.3 is 0 Å². The molecule has 0 saturated carbocycles. The monoisotopic (exact) mass is 355 g/mol. The summed E-state index contributed by atoms with van der Waals surface area (Å²) in [6, 6.07) is 10.2. The lowest BCUT2D eigenvalue weighted by atomic mass is 9.78. The molecular weight excluding hydrogens is 337 g/mol. The van der Waals surface area contributed by atoms with Crippen molar-refractivity contribution in [2.75, 3.05) is 11.9 Å². The smallest absolute Gasteiger partial charge is 0.171 e. The Bertz CT molecular complexity index is 490. The number of ketones is 1. The maximum Gasteiger partial charge on any atom is 0.171 e. The van der Waals surface area contributed by atoms with E-state index in [-0.39, 0.29) is 11.2 Å². The molecule has 0 atom stereocenters. The molecule has 3 heteroatoms. The third-order valence-corrected chi connectivity index (χ3v) is 4.56. The number of anilines is 1. The van der Waals surface area contributed by atoms with Crippen molar-refractivity contribution in [1.82, 2.24) is 0 Å². The summed E-state index contributed by atoms with van der Waals surface area (Å²) in [6.07, 6.45) is 1.60. The molecule has 18 heavy (non-hydrogen) atoms. The van der Waals surface area contributed by atoms with E-state index in [1.807, 2.05) is 25.2 Å². The molecule has 0 aromatic heterocycles. The average Bonchev–Trinajstić information content (AvgIpc) is 2.33. The molecule has 0 amide bonds. The summed E-state index contributed by atoms with van der Waals surface area (Å²) in [7, 11) is 2.04. The molecule has 2 nitrogen and oxygen atoms in total. The molecule has 96 valence electrons. The van der Waals surface area contributed by atoms with E-state index in [1.54, 1.807) is 0 Å². The van der Waals surface area contributed by atoms with Gasteiger partial charge < -0.3 is 4.90 Å². The number of hydrogen-bond donors (Lipinski definition) is 0. The molecule has 1 aromatic rings. The number of rotatable bonds is 2. The standard InChI is InChI=1S/C15H18INO/c1-15(2)9-12(14(16)13(18)10-15)17(3)11-7-5-4-6-8-11/h4-8H,9-10H2,1-3H3. The minimum Gasteiger partial charge on any atom is -0.347 e. The summed E-state index contributed by atoms with van der Waals surface area (Å²) < 4.78 is 0.887. The van der Waals surface area contributed by atoms with E-state index >= 15 is 0 Å². The van der Waals surface area contributed by atoms with Crippen LogP contribution in [0.15, 0.2) is 39.6 Å². The Kier molecular flexibility index (Phi) is 3.80. The van der Waals surface area contributed by atoms with Gasteiger partial charge in [0.25, 0.3) is 0 Å². The van der Waals surface area contributed by atoms with Crippen molar-refractivity contribution in [3.8, 4) is 0 Å². The number of Topliss-reactive ketones (excluding diaryl/α,β-unsaturated/α-hetero) is 1. The predicted octanol–water partition coefficient (Wildman–Crippen LogP) is 4.16. The molecule has 0 radical (unpaired) electrons. The second-order valence-electron chi connectivity index (χ2n) is 5.60. The van der Waals surface area contributed by atoms with Gasteiger partial charge in [0.05, 0.1) is 3.58 Å². The van der Waals surface area contributed by atoms with Crippen LogP contribution < -0.4 is 4.90 Å². The van der Waals surface area contributed by atoms with Crippen LogP contribution in [0.4, 0.5) is 5.69 Å². The van der Waals surface area contributed by atoms with Crippen molar-refractivity contribution in [3.63, 3.8) is 0 Å². The summed E-state index contributed by atoms with van der Waals surface area (Å²) in [5.74, 6) is 0.268. The van der Waals surface area contributed by atoms with Crippen LogP contribution >= 0.6 is 22.6 Å². The van der Waals surface area contributed by atoms with E-state index in [0.29, 0.717) is 6.42 Å². The summed E-state index contributed by atoms with van der Waals surface area (Å²) >= 11 is 2.19. The van der Waals surface area contributed by atoms with Crippen LogP contribution in [0.25, 0.3) is 0 Å². The third kappa shape index (κ3) is 2.76. The highest BCUT2D eigenvalue weighted by molar-refractivity contribution is 14.1. The fourth-order valence-electron chi connectivity index (χ4n) is 2.34. The first-order valence-corrected chi connectivity index (χ1v) is 7.19. The lowest BCUT2D eigenvalue weighted by molar-refractivity contribution is -0.117. The first-order valence-electron chi connectivity index (χ1n) is 6.11. The minimum absolute atomic E-state index is 0.0597. The number of carbonyl (C=O) groups is 1. The Balaban J connectivity index is 2.37. The van der Waals surface area contributed by atoms with E-state index in [0.717, 1.165) is 21.4 Å². The average molecular weight is 355 g/mol. The lowest BCUT2D eigenvalue weighted by Gasteiger charge is -2.35. The number of nitrogens with zero attached hydrogens (tertiary/aromatic N) is 1. The Labute approximate surface area is 122 Å². The quantitative estimate of drug-likeness (QED) is 0.743. The number of para-hydroxylation sites is 1. The largest absolute Gasteiger partial charge is 0.347 e. The van der Waals surface area contributed by atoms with Crippen LogP contribution in [-0.2, 0) is 4.79 Å². The van der Waals surface area contributed by atoms with Crippen molar-refractivity contribution in [2.24, 2.45) is 5.41 Å². The number of carbonyl (C=O) groups excluding carboxylic acids is 1. The first kappa shape index (κ1) is 13.6. The zero-order valence-corrected chi connectivity index (χ0v) is 13.2. The van der Waals surface area contributed by atoms with Gasteiger partial charge in [0, 0.05) is 24.9 Å². The van der Waals surface area contributed by atoms with Gasteiger partial charge in [-0.1, -0.05) is 32.0 Å².